The molecule has 0 saturated heterocycles. The van der Waals surface area contributed by atoms with Gasteiger partial charge in [-0.05, 0) is 39.4 Å². The van der Waals surface area contributed by atoms with Gasteiger partial charge in [-0.25, -0.2) is 0 Å². The Balaban J connectivity index is 2.71. The number of amides is 1. The number of carbonyl (C=O) groups is 1. The molecule has 0 radical (unpaired) electrons. The van der Waals surface area contributed by atoms with E-state index in [1.165, 1.54) is 0 Å². The molecule has 0 fully saturated rings. The highest BCUT2D eigenvalue weighted by Gasteiger charge is 2.13. The van der Waals surface area contributed by atoms with Gasteiger partial charge in [0.05, 0.1) is 0 Å². The fourth-order valence-corrected chi connectivity index (χ4v) is 2.05. The minimum absolute atomic E-state index is 0.0320. The van der Waals surface area contributed by atoms with Crippen molar-refractivity contribution in [1.29, 1.82) is 0 Å². The van der Waals surface area contributed by atoms with Crippen molar-refractivity contribution in [2.45, 2.75) is 39.3 Å². The number of benzene rings is 1. The van der Waals surface area contributed by atoms with E-state index in [0.29, 0.717) is 0 Å². The second-order valence-electron chi connectivity index (χ2n) is 4.86. The van der Waals surface area contributed by atoms with Crippen LogP contribution in [0.5, 0.6) is 5.75 Å². The standard InChI is InChI=1S/C15H23BrN2O2/c1-5-10(2)18-15(19)9-20-14-8-12(16)6-7-13(14)11(3)17-4/h6-8,10-11,17H,5,9H2,1-4H3,(H,18,19). The summed E-state index contributed by atoms with van der Waals surface area (Å²) in [6, 6.07) is 6.18. The average molecular weight is 343 g/mol. The summed E-state index contributed by atoms with van der Waals surface area (Å²) in [5.74, 6) is 0.628. The van der Waals surface area contributed by atoms with Crippen molar-refractivity contribution < 1.29 is 9.53 Å². The van der Waals surface area contributed by atoms with Crippen molar-refractivity contribution >= 4 is 21.8 Å². The Bertz CT molecular complexity index is 451. The second-order valence-corrected chi connectivity index (χ2v) is 5.77. The van der Waals surface area contributed by atoms with Crippen LogP contribution in [0.25, 0.3) is 0 Å². The maximum atomic E-state index is 11.8. The van der Waals surface area contributed by atoms with Crippen LogP contribution >= 0.6 is 15.9 Å². The molecule has 0 bridgehead atoms. The fourth-order valence-electron chi connectivity index (χ4n) is 1.71. The molecule has 0 spiro atoms. The van der Waals surface area contributed by atoms with Gasteiger partial charge in [-0.15, -0.1) is 0 Å². The van der Waals surface area contributed by atoms with E-state index < -0.39 is 0 Å². The highest BCUT2D eigenvalue weighted by Crippen LogP contribution is 2.28. The summed E-state index contributed by atoms with van der Waals surface area (Å²) in [4.78, 5) is 11.8. The molecule has 1 amide bonds. The van der Waals surface area contributed by atoms with Crippen molar-refractivity contribution in [3.05, 3.63) is 28.2 Å². The van der Waals surface area contributed by atoms with Gasteiger partial charge in [-0.1, -0.05) is 28.9 Å². The number of hydrogen-bond donors (Lipinski definition) is 2. The Morgan fingerprint density at radius 3 is 2.70 bits per heavy atom. The molecular formula is C15H23BrN2O2. The smallest absolute Gasteiger partial charge is 0.258 e. The Labute approximate surface area is 129 Å². The van der Waals surface area contributed by atoms with E-state index in [1.54, 1.807) is 0 Å². The zero-order valence-corrected chi connectivity index (χ0v) is 14.1. The lowest BCUT2D eigenvalue weighted by Crippen LogP contribution is -2.35. The quantitative estimate of drug-likeness (QED) is 0.800. The van der Waals surface area contributed by atoms with Gasteiger partial charge >= 0.3 is 0 Å². The first-order chi connectivity index (χ1) is 9.47. The van der Waals surface area contributed by atoms with Crippen molar-refractivity contribution in [1.82, 2.24) is 10.6 Å². The molecule has 2 unspecified atom stereocenters. The largest absolute Gasteiger partial charge is 0.483 e. The minimum Gasteiger partial charge on any atom is -0.483 e. The Hall–Kier alpha value is -1.07. The lowest BCUT2D eigenvalue weighted by Gasteiger charge is -2.17. The molecule has 4 nitrogen and oxygen atoms in total. The SMILES string of the molecule is CCC(C)NC(=O)COc1cc(Br)ccc1C(C)NC. The van der Waals surface area contributed by atoms with Crippen molar-refractivity contribution in [2.75, 3.05) is 13.7 Å². The van der Waals surface area contributed by atoms with Gasteiger partial charge in [0.1, 0.15) is 5.75 Å². The molecule has 1 aromatic carbocycles. The molecule has 0 aliphatic carbocycles. The van der Waals surface area contributed by atoms with Crippen LogP contribution in [0, 0.1) is 0 Å². The summed E-state index contributed by atoms with van der Waals surface area (Å²) in [7, 11) is 1.89. The summed E-state index contributed by atoms with van der Waals surface area (Å²) in [6.07, 6.45) is 0.907. The first-order valence-corrected chi connectivity index (χ1v) is 7.66. The van der Waals surface area contributed by atoms with E-state index in [0.717, 1.165) is 22.2 Å². The summed E-state index contributed by atoms with van der Waals surface area (Å²) in [5, 5.41) is 6.06. The molecule has 20 heavy (non-hydrogen) atoms. The van der Waals surface area contributed by atoms with E-state index >= 15 is 0 Å². The lowest BCUT2D eigenvalue weighted by atomic mass is 10.1. The number of halogens is 1. The normalized spacial score (nSPS) is 13.7. The van der Waals surface area contributed by atoms with Gasteiger partial charge in [-0.2, -0.15) is 0 Å². The van der Waals surface area contributed by atoms with Gasteiger partial charge in [0, 0.05) is 22.1 Å². The van der Waals surface area contributed by atoms with Crippen molar-refractivity contribution in [3.8, 4) is 5.75 Å². The van der Waals surface area contributed by atoms with E-state index in [9.17, 15) is 4.79 Å². The number of ether oxygens (including phenoxy) is 1. The molecular weight excluding hydrogens is 320 g/mol. The molecule has 0 heterocycles. The fraction of sp³-hybridized carbons (Fsp3) is 0.533. The van der Waals surface area contributed by atoms with Crippen LogP contribution in [0.4, 0.5) is 0 Å². The van der Waals surface area contributed by atoms with Crippen LogP contribution in [-0.4, -0.2) is 25.6 Å². The van der Waals surface area contributed by atoms with Crippen LogP contribution in [0.1, 0.15) is 38.8 Å². The molecule has 112 valence electrons. The summed E-state index contributed by atoms with van der Waals surface area (Å²) >= 11 is 3.42. The minimum atomic E-state index is -0.0950. The van der Waals surface area contributed by atoms with Crippen LogP contribution in [-0.2, 0) is 4.79 Å². The van der Waals surface area contributed by atoms with Gasteiger partial charge in [-0.3, -0.25) is 4.79 Å². The monoisotopic (exact) mass is 342 g/mol. The number of rotatable bonds is 7. The van der Waals surface area contributed by atoms with Gasteiger partial charge in [0.2, 0.25) is 0 Å². The highest BCUT2D eigenvalue weighted by atomic mass is 79.9. The third kappa shape index (κ3) is 5.13. The van der Waals surface area contributed by atoms with E-state index in [2.05, 4.69) is 33.5 Å². The van der Waals surface area contributed by atoms with Crippen LogP contribution in [0.2, 0.25) is 0 Å². The van der Waals surface area contributed by atoms with Crippen molar-refractivity contribution in [2.24, 2.45) is 0 Å². The van der Waals surface area contributed by atoms with Gasteiger partial charge < -0.3 is 15.4 Å². The number of nitrogens with one attached hydrogen (secondary N) is 2. The maximum Gasteiger partial charge on any atom is 0.258 e. The van der Waals surface area contributed by atoms with E-state index in [4.69, 9.17) is 4.74 Å². The summed E-state index contributed by atoms with van der Waals surface area (Å²) in [6.45, 7) is 6.10. The Kier molecular flexibility index (Phi) is 7.02. The van der Waals surface area contributed by atoms with E-state index in [1.807, 2.05) is 39.1 Å². The summed E-state index contributed by atoms with van der Waals surface area (Å²) < 4.78 is 6.60. The van der Waals surface area contributed by atoms with Gasteiger partial charge in [0.25, 0.3) is 5.91 Å². The molecule has 0 aromatic heterocycles. The molecule has 0 saturated carbocycles. The second kappa shape index (κ2) is 8.27. The maximum absolute atomic E-state index is 11.8. The number of hydrogen-bond acceptors (Lipinski definition) is 3. The first-order valence-electron chi connectivity index (χ1n) is 6.86. The van der Waals surface area contributed by atoms with Gasteiger partial charge in [0.15, 0.2) is 6.61 Å². The summed E-state index contributed by atoms with van der Waals surface area (Å²) in [5.41, 5.74) is 1.03. The Morgan fingerprint density at radius 1 is 1.40 bits per heavy atom. The molecule has 0 aliphatic rings. The molecule has 2 N–H and O–H groups in total. The zero-order chi connectivity index (χ0) is 15.1. The third-order valence-electron chi connectivity index (χ3n) is 3.25. The Morgan fingerprint density at radius 2 is 2.10 bits per heavy atom. The molecule has 1 rings (SSSR count). The van der Waals surface area contributed by atoms with E-state index in [-0.39, 0.29) is 24.6 Å². The van der Waals surface area contributed by atoms with Crippen LogP contribution < -0.4 is 15.4 Å². The van der Waals surface area contributed by atoms with Crippen LogP contribution in [0.3, 0.4) is 0 Å². The lowest BCUT2D eigenvalue weighted by molar-refractivity contribution is -0.123. The molecule has 1 aromatic rings. The predicted molar refractivity (Wildman–Crippen MR) is 85.0 cm³/mol. The topological polar surface area (TPSA) is 50.4 Å². The van der Waals surface area contributed by atoms with Crippen molar-refractivity contribution in [3.63, 3.8) is 0 Å². The number of carbonyl (C=O) groups excluding carboxylic acids is 1. The zero-order valence-electron chi connectivity index (χ0n) is 12.5. The molecule has 2 atom stereocenters. The van der Waals surface area contributed by atoms with Crippen LogP contribution in [0.15, 0.2) is 22.7 Å². The predicted octanol–water partition coefficient (Wildman–Crippen LogP) is 3.02. The molecule has 5 heteroatoms. The molecule has 0 aliphatic heterocycles. The average Bonchev–Trinajstić information content (AvgIpc) is 2.44. The highest BCUT2D eigenvalue weighted by molar-refractivity contribution is 9.10. The first kappa shape index (κ1) is 17.0. The third-order valence-corrected chi connectivity index (χ3v) is 3.75.